The highest BCUT2D eigenvalue weighted by molar-refractivity contribution is 6.05. The molecule has 0 atom stereocenters. The molecule has 6 rings (SSSR count). The quantitative estimate of drug-likeness (QED) is 0.442. The lowest BCUT2D eigenvalue weighted by molar-refractivity contribution is 0.122. The zero-order valence-electron chi connectivity index (χ0n) is 16.9. The predicted octanol–water partition coefficient (Wildman–Crippen LogP) is 3.88. The Balaban J connectivity index is 1.41. The van der Waals surface area contributed by atoms with E-state index in [1.807, 2.05) is 18.2 Å². The lowest BCUT2D eigenvalue weighted by Gasteiger charge is -2.27. The fourth-order valence-corrected chi connectivity index (χ4v) is 3.78. The van der Waals surface area contributed by atoms with E-state index in [1.54, 1.807) is 18.3 Å². The second kappa shape index (κ2) is 7.57. The highest BCUT2D eigenvalue weighted by atomic mass is 19.1. The molecule has 0 spiro atoms. The Hall–Kier alpha value is -4.05. The molecule has 0 saturated carbocycles. The molecule has 32 heavy (non-hydrogen) atoms. The average Bonchev–Trinajstić information content (AvgIpc) is 3.44. The second-order valence-corrected chi connectivity index (χ2v) is 7.40. The summed E-state index contributed by atoms with van der Waals surface area (Å²) in [5.74, 6) is 1.42. The Bertz CT molecular complexity index is 1410. The Morgan fingerprint density at radius 1 is 1.06 bits per heavy atom. The summed E-state index contributed by atoms with van der Waals surface area (Å²) in [6.45, 7) is 2.65. The van der Waals surface area contributed by atoms with Gasteiger partial charge in [-0.1, -0.05) is 0 Å². The van der Waals surface area contributed by atoms with Gasteiger partial charge in [0.25, 0.3) is 0 Å². The molecule has 1 saturated heterocycles. The number of fused-ring (bicyclic) bond motifs is 3. The molecule has 160 valence electrons. The number of nitrogens with zero attached hydrogens (tertiary/aromatic N) is 5. The Labute approximate surface area is 181 Å². The fourth-order valence-electron chi connectivity index (χ4n) is 3.78. The lowest BCUT2D eigenvalue weighted by Crippen LogP contribution is -2.37. The van der Waals surface area contributed by atoms with E-state index in [1.165, 1.54) is 12.1 Å². The van der Waals surface area contributed by atoms with Gasteiger partial charge >= 0.3 is 0 Å². The van der Waals surface area contributed by atoms with Gasteiger partial charge in [0.2, 0.25) is 11.7 Å². The molecule has 9 nitrogen and oxygen atoms in total. The van der Waals surface area contributed by atoms with Crippen molar-refractivity contribution in [2.45, 2.75) is 0 Å². The SMILES string of the molecule is Fc1ccc(-c2cc(Nc3nc(N4CCOCC4)c4oc5ncccc5c4n3)[nH]n2)cc1. The molecule has 1 aliphatic heterocycles. The van der Waals surface area contributed by atoms with Crippen molar-refractivity contribution >= 4 is 39.8 Å². The summed E-state index contributed by atoms with van der Waals surface area (Å²) in [6, 6.07) is 11.8. The van der Waals surface area contributed by atoms with Crippen molar-refractivity contribution in [1.29, 1.82) is 0 Å². The van der Waals surface area contributed by atoms with Gasteiger partial charge in [-0.2, -0.15) is 10.1 Å². The first-order valence-electron chi connectivity index (χ1n) is 10.2. The summed E-state index contributed by atoms with van der Waals surface area (Å²) < 4.78 is 24.7. The number of rotatable bonds is 4. The third-order valence-corrected chi connectivity index (χ3v) is 5.35. The van der Waals surface area contributed by atoms with Crippen molar-refractivity contribution in [2.75, 3.05) is 36.5 Å². The van der Waals surface area contributed by atoms with Gasteiger partial charge in [-0.3, -0.25) is 5.10 Å². The first-order valence-corrected chi connectivity index (χ1v) is 10.2. The Kier molecular flexibility index (Phi) is 4.43. The van der Waals surface area contributed by atoms with Crippen LogP contribution < -0.4 is 10.2 Å². The molecule has 5 aromatic rings. The molecule has 5 heterocycles. The predicted molar refractivity (Wildman–Crippen MR) is 117 cm³/mol. The van der Waals surface area contributed by atoms with Crippen molar-refractivity contribution < 1.29 is 13.5 Å². The van der Waals surface area contributed by atoms with Crippen LogP contribution >= 0.6 is 0 Å². The molecule has 1 fully saturated rings. The van der Waals surface area contributed by atoms with E-state index in [2.05, 4.69) is 25.4 Å². The van der Waals surface area contributed by atoms with Crippen molar-refractivity contribution in [3.63, 3.8) is 0 Å². The van der Waals surface area contributed by atoms with E-state index in [-0.39, 0.29) is 5.82 Å². The van der Waals surface area contributed by atoms with Crippen LogP contribution in [0.2, 0.25) is 0 Å². The number of ether oxygens (including phenoxy) is 1. The smallest absolute Gasteiger partial charge is 0.231 e. The maximum atomic E-state index is 13.2. The molecular formula is C22H18FN7O2. The molecule has 10 heteroatoms. The number of halogens is 1. The molecule has 0 unspecified atom stereocenters. The lowest BCUT2D eigenvalue weighted by atomic mass is 10.1. The van der Waals surface area contributed by atoms with Crippen LogP contribution in [0.3, 0.4) is 0 Å². The van der Waals surface area contributed by atoms with Crippen molar-refractivity contribution in [3.05, 3.63) is 54.5 Å². The molecule has 0 amide bonds. The minimum absolute atomic E-state index is 0.290. The molecule has 1 aliphatic rings. The summed E-state index contributed by atoms with van der Waals surface area (Å²) in [4.78, 5) is 15.9. The summed E-state index contributed by atoms with van der Waals surface area (Å²) in [6.07, 6.45) is 1.69. The summed E-state index contributed by atoms with van der Waals surface area (Å²) in [5, 5.41) is 11.3. The molecule has 4 aromatic heterocycles. The topological polar surface area (TPSA) is 105 Å². The first-order chi connectivity index (χ1) is 15.7. The van der Waals surface area contributed by atoms with Crippen molar-refractivity contribution in [2.24, 2.45) is 0 Å². The highest BCUT2D eigenvalue weighted by Crippen LogP contribution is 2.34. The molecule has 0 aliphatic carbocycles. The third-order valence-electron chi connectivity index (χ3n) is 5.35. The van der Waals surface area contributed by atoms with Gasteiger partial charge in [0.1, 0.15) is 17.2 Å². The maximum absolute atomic E-state index is 13.2. The highest BCUT2D eigenvalue weighted by Gasteiger charge is 2.22. The van der Waals surface area contributed by atoms with Gasteiger partial charge in [-0.25, -0.2) is 14.4 Å². The van der Waals surface area contributed by atoms with Crippen LogP contribution in [0, 0.1) is 5.82 Å². The normalized spacial score (nSPS) is 14.3. The zero-order chi connectivity index (χ0) is 21.5. The van der Waals surface area contributed by atoms with Crippen LogP contribution in [0.1, 0.15) is 0 Å². The maximum Gasteiger partial charge on any atom is 0.231 e. The Morgan fingerprint density at radius 2 is 1.91 bits per heavy atom. The summed E-state index contributed by atoms with van der Waals surface area (Å²) in [5.41, 5.74) is 3.28. The first kappa shape index (κ1) is 18.7. The number of pyridine rings is 1. The average molecular weight is 431 g/mol. The summed E-state index contributed by atoms with van der Waals surface area (Å²) >= 11 is 0. The molecule has 2 N–H and O–H groups in total. The number of hydrogen-bond acceptors (Lipinski definition) is 8. The van der Waals surface area contributed by atoms with E-state index in [4.69, 9.17) is 19.1 Å². The number of nitrogens with one attached hydrogen (secondary N) is 2. The van der Waals surface area contributed by atoms with Crippen LogP contribution in [0.5, 0.6) is 0 Å². The van der Waals surface area contributed by atoms with Gasteiger partial charge < -0.3 is 19.4 Å². The number of morpholine rings is 1. The molecule has 0 bridgehead atoms. The number of hydrogen-bond donors (Lipinski definition) is 2. The summed E-state index contributed by atoms with van der Waals surface area (Å²) in [7, 11) is 0. The van der Waals surface area contributed by atoms with E-state index in [9.17, 15) is 4.39 Å². The fraction of sp³-hybridized carbons (Fsp3) is 0.182. The molecular weight excluding hydrogens is 413 g/mol. The standard InChI is InChI=1S/C22H18FN7O2/c23-14-5-3-13(4-6-14)16-12-17(29-28-16)25-22-26-18-15-2-1-7-24-21(15)32-19(18)20(27-22)30-8-10-31-11-9-30/h1-7,12H,8-11H2,(H2,25,26,27,28,29). The van der Waals surface area contributed by atoms with Gasteiger partial charge in [0.15, 0.2) is 11.4 Å². The van der Waals surface area contributed by atoms with Gasteiger partial charge in [0, 0.05) is 30.9 Å². The van der Waals surface area contributed by atoms with Crippen molar-refractivity contribution in [1.82, 2.24) is 25.1 Å². The third kappa shape index (κ3) is 3.30. The van der Waals surface area contributed by atoms with E-state index in [0.717, 1.165) is 10.9 Å². The molecule has 0 radical (unpaired) electrons. The van der Waals surface area contributed by atoms with Gasteiger partial charge in [-0.15, -0.1) is 0 Å². The largest absolute Gasteiger partial charge is 0.432 e. The van der Waals surface area contributed by atoms with E-state index < -0.39 is 0 Å². The van der Waals surface area contributed by atoms with Crippen LogP contribution in [-0.4, -0.2) is 51.5 Å². The van der Waals surface area contributed by atoms with E-state index >= 15 is 0 Å². The number of furan rings is 1. The van der Waals surface area contributed by atoms with Crippen LogP contribution in [0.4, 0.5) is 22.0 Å². The number of aromatic amines is 1. The number of H-pyrrole nitrogens is 1. The van der Waals surface area contributed by atoms with Gasteiger partial charge in [-0.05, 0) is 36.4 Å². The minimum atomic E-state index is -0.290. The Morgan fingerprint density at radius 3 is 2.75 bits per heavy atom. The number of benzene rings is 1. The van der Waals surface area contributed by atoms with Crippen LogP contribution in [0.15, 0.2) is 53.1 Å². The number of aromatic nitrogens is 5. The van der Waals surface area contributed by atoms with Crippen LogP contribution in [-0.2, 0) is 4.74 Å². The van der Waals surface area contributed by atoms with Crippen molar-refractivity contribution in [3.8, 4) is 11.3 Å². The van der Waals surface area contributed by atoms with Crippen LogP contribution in [0.25, 0.3) is 33.5 Å². The monoisotopic (exact) mass is 431 g/mol. The van der Waals surface area contributed by atoms with Gasteiger partial charge in [0.05, 0.1) is 24.3 Å². The molecule has 1 aromatic carbocycles. The zero-order valence-corrected chi connectivity index (χ0v) is 16.9. The second-order valence-electron chi connectivity index (χ2n) is 7.40. The van der Waals surface area contributed by atoms with E-state index in [0.29, 0.717) is 66.4 Å². The minimum Gasteiger partial charge on any atom is -0.432 e. The number of anilines is 3.